The van der Waals surface area contributed by atoms with Crippen molar-refractivity contribution >= 4 is 17.5 Å². The summed E-state index contributed by atoms with van der Waals surface area (Å²) in [6.45, 7) is 2.95. The SMILES string of the molecule is Cc1cc(CN(C)C(=O)C2CCCCC2C(=O)N2CCc3ccccc32)no1. The number of fused-ring (bicyclic) bond motifs is 1. The van der Waals surface area contributed by atoms with E-state index in [-0.39, 0.29) is 23.7 Å². The predicted molar refractivity (Wildman–Crippen MR) is 106 cm³/mol. The number of aryl methyl sites for hydroxylation is 1. The third-order valence-corrected chi connectivity index (χ3v) is 6.01. The molecule has 2 atom stereocenters. The number of anilines is 1. The van der Waals surface area contributed by atoms with Crippen molar-refractivity contribution in [2.45, 2.75) is 45.6 Å². The van der Waals surface area contributed by atoms with Gasteiger partial charge in [0.1, 0.15) is 11.5 Å². The molecule has 1 aromatic heterocycles. The molecule has 2 aromatic rings. The van der Waals surface area contributed by atoms with Gasteiger partial charge in [-0.2, -0.15) is 0 Å². The highest BCUT2D eigenvalue weighted by Crippen LogP contribution is 2.36. The second kappa shape index (κ2) is 7.78. The summed E-state index contributed by atoms with van der Waals surface area (Å²) >= 11 is 0. The molecule has 148 valence electrons. The van der Waals surface area contributed by atoms with E-state index in [0.29, 0.717) is 13.1 Å². The molecule has 1 aromatic carbocycles. The van der Waals surface area contributed by atoms with Gasteiger partial charge in [0.05, 0.1) is 12.5 Å². The fourth-order valence-electron chi connectivity index (χ4n) is 4.59. The topological polar surface area (TPSA) is 66.7 Å². The van der Waals surface area contributed by atoms with Gasteiger partial charge >= 0.3 is 0 Å². The van der Waals surface area contributed by atoms with E-state index in [2.05, 4.69) is 11.2 Å². The molecule has 1 fully saturated rings. The third kappa shape index (κ3) is 3.55. The van der Waals surface area contributed by atoms with Crippen molar-refractivity contribution in [1.29, 1.82) is 0 Å². The minimum absolute atomic E-state index is 0.0335. The number of aromatic nitrogens is 1. The molecule has 0 spiro atoms. The lowest BCUT2D eigenvalue weighted by molar-refractivity contribution is -0.142. The molecule has 2 amide bonds. The number of benzene rings is 1. The normalized spacial score (nSPS) is 21.4. The van der Waals surface area contributed by atoms with E-state index in [0.717, 1.165) is 49.2 Å². The van der Waals surface area contributed by atoms with Crippen LogP contribution >= 0.6 is 0 Å². The van der Waals surface area contributed by atoms with Gasteiger partial charge in [0.15, 0.2) is 0 Å². The number of carbonyl (C=O) groups is 2. The molecular weight excluding hydrogens is 354 g/mol. The van der Waals surface area contributed by atoms with Crippen molar-refractivity contribution in [2.75, 3.05) is 18.5 Å². The molecule has 2 unspecified atom stereocenters. The highest BCUT2D eigenvalue weighted by Gasteiger charge is 2.40. The van der Waals surface area contributed by atoms with E-state index in [1.165, 1.54) is 5.56 Å². The molecule has 2 heterocycles. The monoisotopic (exact) mass is 381 g/mol. The molecule has 1 aliphatic heterocycles. The lowest BCUT2D eigenvalue weighted by Crippen LogP contribution is -2.45. The van der Waals surface area contributed by atoms with Gasteiger partial charge in [0, 0.05) is 31.3 Å². The van der Waals surface area contributed by atoms with E-state index in [4.69, 9.17) is 4.52 Å². The molecule has 6 nitrogen and oxygen atoms in total. The first kappa shape index (κ1) is 18.7. The average Bonchev–Trinajstić information content (AvgIpc) is 3.32. The van der Waals surface area contributed by atoms with E-state index in [1.807, 2.05) is 36.1 Å². The highest BCUT2D eigenvalue weighted by atomic mass is 16.5. The Bertz CT molecular complexity index is 875. The summed E-state index contributed by atoms with van der Waals surface area (Å²) in [5, 5.41) is 3.98. The van der Waals surface area contributed by atoms with Crippen LogP contribution in [0.3, 0.4) is 0 Å². The maximum atomic E-state index is 13.4. The molecule has 1 saturated carbocycles. The first-order valence-electron chi connectivity index (χ1n) is 10.1. The molecule has 4 rings (SSSR count). The number of nitrogens with zero attached hydrogens (tertiary/aromatic N) is 3. The number of carbonyl (C=O) groups excluding carboxylic acids is 2. The highest BCUT2D eigenvalue weighted by molar-refractivity contribution is 5.99. The molecule has 0 bridgehead atoms. The van der Waals surface area contributed by atoms with Crippen LogP contribution in [0.4, 0.5) is 5.69 Å². The largest absolute Gasteiger partial charge is 0.361 e. The molecule has 0 radical (unpaired) electrons. The molecule has 2 aliphatic rings. The Kier molecular flexibility index (Phi) is 5.20. The summed E-state index contributed by atoms with van der Waals surface area (Å²) in [6, 6.07) is 9.93. The Hall–Kier alpha value is -2.63. The van der Waals surface area contributed by atoms with E-state index >= 15 is 0 Å². The zero-order valence-electron chi connectivity index (χ0n) is 16.6. The molecule has 0 saturated heterocycles. The van der Waals surface area contributed by atoms with Crippen LogP contribution in [-0.4, -0.2) is 35.5 Å². The number of para-hydroxylation sites is 1. The zero-order chi connectivity index (χ0) is 19.7. The molecule has 6 heteroatoms. The van der Waals surface area contributed by atoms with E-state index in [9.17, 15) is 9.59 Å². The Balaban J connectivity index is 1.49. The van der Waals surface area contributed by atoms with Gasteiger partial charge < -0.3 is 14.3 Å². The molecule has 1 aliphatic carbocycles. The second-order valence-electron chi connectivity index (χ2n) is 7.99. The number of amides is 2. The number of hydrogen-bond donors (Lipinski definition) is 0. The van der Waals surface area contributed by atoms with Gasteiger partial charge in [-0.1, -0.05) is 36.2 Å². The van der Waals surface area contributed by atoms with Crippen LogP contribution in [0, 0.1) is 18.8 Å². The Morgan fingerprint density at radius 2 is 1.96 bits per heavy atom. The third-order valence-electron chi connectivity index (χ3n) is 6.01. The van der Waals surface area contributed by atoms with Crippen LogP contribution in [0.1, 0.15) is 42.7 Å². The van der Waals surface area contributed by atoms with Gasteiger partial charge in [0.25, 0.3) is 0 Å². The number of hydrogen-bond acceptors (Lipinski definition) is 4. The van der Waals surface area contributed by atoms with Crippen molar-refractivity contribution in [3.63, 3.8) is 0 Å². The van der Waals surface area contributed by atoms with Gasteiger partial charge in [-0.15, -0.1) is 0 Å². The maximum Gasteiger partial charge on any atom is 0.230 e. The zero-order valence-corrected chi connectivity index (χ0v) is 16.6. The summed E-state index contributed by atoms with van der Waals surface area (Å²) in [6.07, 6.45) is 4.44. The van der Waals surface area contributed by atoms with Crippen LogP contribution < -0.4 is 4.90 Å². The van der Waals surface area contributed by atoms with Crippen LogP contribution in [0.2, 0.25) is 0 Å². The van der Waals surface area contributed by atoms with Crippen molar-refractivity contribution in [2.24, 2.45) is 11.8 Å². The van der Waals surface area contributed by atoms with Crippen LogP contribution in [-0.2, 0) is 22.6 Å². The molecular formula is C22H27N3O3. The summed E-state index contributed by atoms with van der Waals surface area (Å²) in [7, 11) is 1.79. The molecule has 0 N–H and O–H groups in total. The fraction of sp³-hybridized carbons (Fsp3) is 0.500. The summed E-state index contributed by atoms with van der Waals surface area (Å²) < 4.78 is 5.10. The van der Waals surface area contributed by atoms with Crippen LogP contribution in [0.25, 0.3) is 0 Å². The minimum atomic E-state index is -0.257. The van der Waals surface area contributed by atoms with E-state index < -0.39 is 0 Å². The Morgan fingerprint density at radius 3 is 2.71 bits per heavy atom. The van der Waals surface area contributed by atoms with Gasteiger partial charge in [-0.25, -0.2) is 0 Å². The Labute approximate surface area is 165 Å². The first-order valence-corrected chi connectivity index (χ1v) is 10.1. The van der Waals surface area contributed by atoms with E-state index in [1.54, 1.807) is 11.9 Å². The predicted octanol–water partition coefficient (Wildman–Crippen LogP) is 3.34. The van der Waals surface area contributed by atoms with Crippen molar-refractivity contribution in [1.82, 2.24) is 10.1 Å². The van der Waals surface area contributed by atoms with Crippen molar-refractivity contribution in [3.8, 4) is 0 Å². The quantitative estimate of drug-likeness (QED) is 0.815. The smallest absolute Gasteiger partial charge is 0.230 e. The van der Waals surface area contributed by atoms with Crippen molar-refractivity contribution in [3.05, 3.63) is 47.3 Å². The fourth-order valence-corrected chi connectivity index (χ4v) is 4.59. The summed E-state index contributed by atoms with van der Waals surface area (Å²) in [5.41, 5.74) is 2.96. The van der Waals surface area contributed by atoms with Gasteiger partial charge in [0.2, 0.25) is 11.8 Å². The number of rotatable bonds is 4. The second-order valence-corrected chi connectivity index (χ2v) is 7.99. The summed E-state index contributed by atoms with van der Waals surface area (Å²) in [4.78, 5) is 30.2. The lowest BCUT2D eigenvalue weighted by Gasteiger charge is -2.34. The van der Waals surface area contributed by atoms with Gasteiger partial charge in [-0.3, -0.25) is 9.59 Å². The standard InChI is InChI=1S/C22H27N3O3/c1-15-13-17(23-28-15)14-24(2)21(26)18-8-4-5-9-19(18)22(27)25-12-11-16-7-3-6-10-20(16)25/h3,6-7,10,13,18-19H,4-5,8-9,11-12,14H2,1-2H3. The summed E-state index contributed by atoms with van der Waals surface area (Å²) in [5.74, 6) is 0.370. The van der Waals surface area contributed by atoms with Gasteiger partial charge in [-0.05, 0) is 37.8 Å². The minimum Gasteiger partial charge on any atom is -0.361 e. The Morgan fingerprint density at radius 1 is 1.21 bits per heavy atom. The van der Waals surface area contributed by atoms with Crippen LogP contribution in [0.15, 0.2) is 34.9 Å². The van der Waals surface area contributed by atoms with Crippen molar-refractivity contribution < 1.29 is 14.1 Å². The van der Waals surface area contributed by atoms with Crippen LogP contribution in [0.5, 0.6) is 0 Å². The lowest BCUT2D eigenvalue weighted by atomic mass is 9.77. The average molecular weight is 381 g/mol. The first-order chi connectivity index (χ1) is 13.5. The maximum absolute atomic E-state index is 13.4. The molecule has 28 heavy (non-hydrogen) atoms.